The van der Waals surface area contributed by atoms with Gasteiger partial charge in [0.2, 0.25) is 5.96 Å². The van der Waals surface area contributed by atoms with Crippen LogP contribution in [0.5, 0.6) is 0 Å². The predicted octanol–water partition coefficient (Wildman–Crippen LogP) is 0.784. The Morgan fingerprint density at radius 3 is 2.73 bits per heavy atom. The minimum Gasteiger partial charge on any atom is -0.367 e. The van der Waals surface area contributed by atoms with E-state index in [-0.39, 0.29) is 17.2 Å². The first-order chi connectivity index (χ1) is 7.20. The van der Waals surface area contributed by atoms with Gasteiger partial charge in [0.1, 0.15) is 5.25 Å². The summed E-state index contributed by atoms with van der Waals surface area (Å²) in [6.07, 6.45) is 5.52. The summed E-state index contributed by atoms with van der Waals surface area (Å²) in [7, 11) is 0. The number of thioether (sulfide) groups is 1. The van der Waals surface area contributed by atoms with Gasteiger partial charge in [-0.3, -0.25) is 0 Å². The Morgan fingerprint density at radius 1 is 1.27 bits per heavy atom. The number of guanidine groups is 1. The van der Waals surface area contributed by atoms with Gasteiger partial charge in [-0.1, -0.05) is 19.3 Å². The van der Waals surface area contributed by atoms with Crippen molar-refractivity contribution in [3.8, 4) is 0 Å². The van der Waals surface area contributed by atoms with Crippen LogP contribution < -0.4 is 11.5 Å². The van der Waals surface area contributed by atoms with Gasteiger partial charge in [-0.25, -0.2) is 4.79 Å². The van der Waals surface area contributed by atoms with Crippen LogP contribution in [0, 0.1) is 0 Å². The third-order valence-electron chi connectivity index (χ3n) is 2.18. The van der Waals surface area contributed by atoms with E-state index in [0.717, 1.165) is 25.0 Å². The van der Waals surface area contributed by atoms with Gasteiger partial charge < -0.3 is 16.3 Å². The molecular formula is C9H17N3O2S. The minimum absolute atomic E-state index is 0.117. The zero-order valence-electron chi connectivity index (χ0n) is 8.65. The van der Waals surface area contributed by atoms with Crippen LogP contribution in [0.3, 0.4) is 0 Å². The highest BCUT2D eigenvalue weighted by molar-refractivity contribution is 8.00. The molecule has 0 amide bonds. The summed E-state index contributed by atoms with van der Waals surface area (Å²) < 4.78 is 0. The molecule has 0 radical (unpaired) electrons. The van der Waals surface area contributed by atoms with Crippen molar-refractivity contribution in [2.75, 3.05) is 5.75 Å². The Balaban J connectivity index is 2.38. The Bertz CT molecular complexity index is 234. The number of carbonyl (C=O) groups excluding carboxylic acids is 1. The molecule has 1 saturated heterocycles. The highest BCUT2D eigenvalue weighted by Gasteiger charge is 2.21. The van der Waals surface area contributed by atoms with E-state index < -0.39 is 0 Å². The van der Waals surface area contributed by atoms with Crippen LogP contribution in [0.1, 0.15) is 32.1 Å². The van der Waals surface area contributed by atoms with Gasteiger partial charge in [0, 0.05) is 0 Å². The lowest BCUT2D eigenvalue weighted by atomic mass is 10.1. The molecule has 15 heavy (non-hydrogen) atoms. The lowest BCUT2D eigenvalue weighted by Crippen LogP contribution is -2.26. The summed E-state index contributed by atoms with van der Waals surface area (Å²) >= 11 is 1.63. The van der Waals surface area contributed by atoms with Crippen molar-refractivity contribution in [2.24, 2.45) is 16.6 Å². The molecule has 1 rings (SSSR count). The number of carbonyl (C=O) groups is 1. The van der Waals surface area contributed by atoms with Crippen molar-refractivity contribution in [1.82, 2.24) is 0 Å². The molecule has 0 aliphatic carbocycles. The van der Waals surface area contributed by atoms with Gasteiger partial charge in [-0.05, 0) is 23.8 Å². The van der Waals surface area contributed by atoms with E-state index in [1.54, 1.807) is 11.8 Å². The molecule has 1 fully saturated rings. The monoisotopic (exact) mass is 231 g/mol. The maximum absolute atomic E-state index is 11.5. The molecule has 86 valence electrons. The van der Waals surface area contributed by atoms with Crippen LogP contribution in [0.2, 0.25) is 0 Å². The smallest absolute Gasteiger partial charge is 0.348 e. The van der Waals surface area contributed by atoms with E-state index in [0.29, 0.717) is 0 Å². The molecule has 0 saturated carbocycles. The topological polar surface area (TPSA) is 90.7 Å². The Labute approximate surface area is 93.6 Å². The van der Waals surface area contributed by atoms with E-state index in [1.165, 1.54) is 12.8 Å². The van der Waals surface area contributed by atoms with Gasteiger partial charge in [0.15, 0.2) is 0 Å². The summed E-state index contributed by atoms with van der Waals surface area (Å²) in [6, 6.07) is 0. The standard InChI is InChI=1S/C9H17N3O2S/c10-9(11)12-14-8(13)7-5-3-1-2-4-6-15-7/h7H,1-6H2,(H4,10,11,12). The average molecular weight is 231 g/mol. The maximum atomic E-state index is 11.5. The van der Waals surface area contributed by atoms with Crippen LogP contribution in [-0.2, 0) is 9.63 Å². The molecule has 0 spiro atoms. The molecular weight excluding hydrogens is 214 g/mol. The Hall–Kier alpha value is -0.910. The molecule has 0 aromatic rings. The second-order valence-electron chi connectivity index (χ2n) is 3.49. The first-order valence-corrected chi connectivity index (χ1v) is 6.16. The molecule has 1 heterocycles. The highest BCUT2D eigenvalue weighted by Crippen LogP contribution is 2.24. The predicted molar refractivity (Wildman–Crippen MR) is 61.2 cm³/mol. The van der Waals surface area contributed by atoms with Crippen molar-refractivity contribution in [3.05, 3.63) is 0 Å². The lowest BCUT2D eigenvalue weighted by molar-refractivity contribution is -0.143. The molecule has 1 aliphatic heterocycles. The van der Waals surface area contributed by atoms with Gasteiger partial charge in [-0.2, -0.15) is 0 Å². The largest absolute Gasteiger partial charge is 0.367 e. The van der Waals surface area contributed by atoms with Crippen LogP contribution in [0.15, 0.2) is 5.16 Å². The molecule has 4 N–H and O–H groups in total. The van der Waals surface area contributed by atoms with Crippen LogP contribution in [0.4, 0.5) is 0 Å². The fourth-order valence-corrected chi connectivity index (χ4v) is 2.60. The molecule has 0 aromatic heterocycles. The molecule has 1 atom stereocenters. The highest BCUT2D eigenvalue weighted by atomic mass is 32.2. The summed E-state index contributed by atoms with van der Waals surface area (Å²) in [4.78, 5) is 16.1. The van der Waals surface area contributed by atoms with Crippen molar-refractivity contribution in [1.29, 1.82) is 0 Å². The van der Waals surface area contributed by atoms with E-state index in [2.05, 4.69) is 9.99 Å². The number of nitrogens with two attached hydrogens (primary N) is 2. The first kappa shape index (κ1) is 12.2. The SMILES string of the molecule is NC(N)=NOC(=O)C1CCCCCCS1. The molecule has 0 aromatic carbocycles. The van der Waals surface area contributed by atoms with Crippen molar-refractivity contribution >= 4 is 23.7 Å². The Kier molecular flexibility index (Phi) is 5.31. The number of hydrogen-bond acceptors (Lipinski definition) is 4. The minimum atomic E-state index is -0.338. The van der Waals surface area contributed by atoms with Crippen molar-refractivity contribution in [3.63, 3.8) is 0 Å². The fraction of sp³-hybridized carbons (Fsp3) is 0.778. The van der Waals surface area contributed by atoms with Gasteiger partial charge >= 0.3 is 5.97 Å². The Morgan fingerprint density at radius 2 is 2.00 bits per heavy atom. The quantitative estimate of drug-likeness (QED) is 0.317. The summed E-state index contributed by atoms with van der Waals surface area (Å²) in [6.45, 7) is 0. The van der Waals surface area contributed by atoms with Crippen LogP contribution in [0.25, 0.3) is 0 Å². The van der Waals surface area contributed by atoms with Crippen LogP contribution in [-0.4, -0.2) is 22.9 Å². The van der Waals surface area contributed by atoms with E-state index in [4.69, 9.17) is 11.5 Å². The summed E-state index contributed by atoms with van der Waals surface area (Å²) in [5.41, 5.74) is 10.1. The van der Waals surface area contributed by atoms with E-state index in [9.17, 15) is 4.79 Å². The third kappa shape index (κ3) is 4.92. The van der Waals surface area contributed by atoms with Gasteiger partial charge in [0.25, 0.3) is 0 Å². The molecule has 6 heteroatoms. The molecule has 0 bridgehead atoms. The number of rotatable bonds is 2. The zero-order chi connectivity index (χ0) is 11.1. The van der Waals surface area contributed by atoms with E-state index in [1.807, 2.05) is 0 Å². The van der Waals surface area contributed by atoms with Crippen molar-refractivity contribution in [2.45, 2.75) is 37.4 Å². The zero-order valence-corrected chi connectivity index (χ0v) is 9.46. The second-order valence-corrected chi connectivity index (χ2v) is 4.80. The van der Waals surface area contributed by atoms with Gasteiger partial charge in [0.05, 0.1) is 0 Å². The number of nitrogens with zero attached hydrogens (tertiary/aromatic N) is 1. The molecule has 5 nitrogen and oxygen atoms in total. The first-order valence-electron chi connectivity index (χ1n) is 5.11. The lowest BCUT2D eigenvalue weighted by Gasteiger charge is -2.15. The number of hydrogen-bond donors (Lipinski definition) is 2. The summed E-state index contributed by atoms with van der Waals surface area (Å²) in [5.74, 6) is 0.441. The van der Waals surface area contributed by atoms with Crippen molar-refractivity contribution < 1.29 is 9.63 Å². The van der Waals surface area contributed by atoms with Crippen LogP contribution >= 0.6 is 11.8 Å². The second kappa shape index (κ2) is 6.55. The maximum Gasteiger partial charge on any atom is 0.348 e. The average Bonchev–Trinajstić information content (AvgIpc) is 2.13. The van der Waals surface area contributed by atoms with E-state index >= 15 is 0 Å². The summed E-state index contributed by atoms with van der Waals surface area (Å²) in [5, 5.41) is 3.15. The third-order valence-corrected chi connectivity index (χ3v) is 3.54. The van der Waals surface area contributed by atoms with Gasteiger partial charge in [-0.15, -0.1) is 11.8 Å². The molecule has 1 unspecified atom stereocenters. The normalized spacial score (nSPS) is 22.3. The molecule has 1 aliphatic rings. The fourth-order valence-electron chi connectivity index (χ4n) is 1.44. The number of oxime groups is 1.